The van der Waals surface area contributed by atoms with Crippen LogP contribution < -0.4 is 5.32 Å². The van der Waals surface area contributed by atoms with E-state index in [-0.39, 0.29) is 24.0 Å². The molecule has 0 bridgehead atoms. The zero-order chi connectivity index (χ0) is 20.4. The molecule has 0 rings (SSSR count). The summed E-state index contributed by atoms with van der Waals surface area (Å²) in [7, 11) is 1.61. The van der Waals surface area contributed by atoms with Gasteiger partial charge in [0.15, 0.2) is 5.78 Å². The molecule has 0 saturated heterocycles. The minimum Gasteiger partial charge on any atom is -0.379 e. The van der Waals surface area contributed by atoms with Gasteiger partial charge >= 0.3 is 0 Å². The number of ketones is 1. The summed E-state index contributed by atoms with van der Waals surface area (Å²) in [6.07, 6.45) is 0.236. The van der Waals surface area contributed by atoms with Gasteiger partial charge in [-0.3, -0.25) is 14.4 Å². The van der Waals surface area contributed by atoms with Crippen molar-refractivity contribution in [3.63, 3.8) is 0 Å². The molecule has 26 heavy (non-hydrogen) atoms. The van der Waals surface area contributed by atoms with Crippen LogP contribution >= 0.6 is 0 Å². The maximum absolute atomic E-state index is 11.8. The molecule has 0 spiro atoms. The molecule has 0 aromatic rings. The van der Waals surface area contributed by atoms with E-state index in [2.05, 4.69) is 5.32 Å². The number of hydrogen-bond donors (Lipinski definition) is 1. The molecule has 0 aliphatic heterocycles. The Labute approximate surface area is 157 Å². The second-order valence-electron chi connectivity index (χ2n) is 5.36. The van der Waals surface area contributed by atoms with Crippen LogP contribution in [-0.2, 0) is 28.6 Å². The summed E-state index contributed by atoms with van der Waals surface area (Å²) in [5.41, 5.74) is 0. The Bertz CT molecular complexity index is 390. The van der Waals surface area contributed by atoms with E-state index in [4.69, 9.17) is 14.2 Å². The second kappa shape index (κ2) is 18.3. The minimum absolute atomic E-state index is 0.0422. The van der Waals surface area contributed by atoms with Crippen LogP contribution in [0.25, 0.3) is 0 Å². The zero-order valence-electron chi connectivity index (χ0n) is 17.1. The summed E-state index contributed by atoms with van der Waals surface area (Å²) in [5, 5.41) is 2.63. The maximum atomic E-state index is 11.8. The van der Waals surface area contributed by atoms with Gasteiger partial charge in [0.05, 0.1) is 52.1 Å². The second-order valence-corrected chi connectivity index (χ2v) is 5.36. The highest BCUT2D eigenvalue weighted by Gasteiger charge is 2.18. The van der Waals surface area contributed by atoms with E-state index < -0.39 is 6.04 Å². The number of Topliss-reactive ketones (excluding diaryl/α,β-unsaturated/α-hetero) is 1. The van der Waals surface area contributed by atoms with Crippen LogP contribution in [-0.4, -0.2) is 81.8 Å². The van der Waals surface area contributed by atoms with Crippen LogP contribution in [0, 0.1) is 0 Å². The van der Waals surface area contributed by atoms with Gasteiger partial charge in [-0.25, -0.2) is 0 Å². The first kappa shape index (κ1) is 26.7. The number of carbonyl (C=O) groups is 3. The van der Waals surface area contributed by atoms with Gasteiger partial charge in [-0.2, -0.15) is 0 Å². The van der Waals surface area contributed by atoms with Crippen molar-refractivity contribution in [2.45, 2.75) is 47.1 Å². The van der Waals surface area contributed by atoms with Gasteiger partial charge < -0.3 is 24.4 Å². The van der Waals surface area contributed by atoms with Crippen LogP contribution in [0.2, 0.25) is 0 Å². The third-order valence-electron chi connectivity index (χ3n) is 3.39. The van der Waals surface area contributed by atoms with Crippen molar-refractivity contribution in [2.75, 3.05) is 53.2 Å². The van der Waals surface area contributed by atoms with E-state index >= 15 is 0 Å². The first-order chi connectivity index (χ1) is 12.4. The Morgan fingerprint density at radius 2 is 1.35 bits per heavy atom. The Balaban J connectivity index is 0. The molecule has 8 heteroatoms. The number of ether oxygens (including phenoxy) is 3. The molecule has 1 N–H and O–H groups in total. The van der Waals surface area contributed by atoms with E-state index in [1.165, 1.54) is 18.7 Å². The summed E-state index contributed by atoms with van der Waals surface area (Å²) in [6.45, 7) is 11.6. The molecule has 1 atom stereocenters. The molecule has 0 saturated carbocycles. The Hall–Kier alpha value is -1.51. The van der Waals surface area contributed by atoms with Gasteiger partial charge in [0.25, 0.3) is 0 Å². The fourth-order valence-electron chi connectivity index (χ4n) is 1.67. The van der Waals surface area contributed by atoms with Crippen LogP contribution in [0.1, 0.15) is 41.0 Å². The van der Waals surface area contributed by atoms with Gasteiger partial charge in [-0.1, -0.05) is 13.8 Å². The summed E-state index contributed by atoms with van der Waals surface area (Å²) in [4.78, 5) is 35.1. The highest BCUT2D eigenvalue weighted by Crippen LogP contribution is 2.00. The first-order valence-corrected chi connectivity index (χ1v) is 9.10. The van der Waals surface area contributed by atoms with Gasteiger partial charge in [0.1, 0.15) is 0 Å². The molecule has 0 fully saturated rings. The molecule has 0 radical (unpaired) electrons. The normalized spacial score (nSPS) is 11.2. The summed E-state index contributed by atoms with van der Waals surface area (Å²) < 4.78 is 15.9. The molecule has 0 unspecified atom stereocenters. The number of likely N-dealkylation sites (N-methyl/N-ethyl adjacent to an activating group) is 1. The molecular formula is C18H36N2O6. The number of nitrogens with one attached hydrogen (secondary N) is 1. The molecule has 0 heterocycles. The van der Waals surface area contributed by atoms with Crippen molar-refractivity contribution in [2.24, 2.45) is 0 Å². The van der Waals surface area contributed by atoms with Crippen molar-refractivity contribution in [3.05, 3.63) is 0 Å². The number of carbonyl (C=O) groups excluding carboxylic acids is 3. The lowest BCUT2D eigenvalue weighted by atomic mass is 10.2. The molecule has 8 nitrogen and oxygen atoms in total. The van der Waals surface area contributed by atoms with Crippen molar-refractivity contribution in [3.8, 4) is 0 Å². The summed E-state index contributed by atoms with van der Waals surface area (Å²) in [6, 6.07) is -0.411. The standard InChI is InChI=1S/C16H30N2O6.C2H6/c1-13(14(2)19)18(4)16(21)5-7-22-9-11-24-12-10-23-8-6-17-15(3)20;1-2/h13H,5-12H2,1-4H3,(H,17,20);1-2H3/t13-;/m1./s1. The lowest BCUT2D eigenvalue weighted by molar-refractivity contribution is -0.137. The fraction of sp³-hybridized carbons (Fsp3) is 0.833. The van der Waals surface area contributed by atoms with E-state index in [0.29, 0.717) is 46.2 Å². The molecular weight excluding hydrogens is 340 g/mol. The van der Waals surface area contributed by atoms with Gasteiger partial charge in [0, 0.05) is 20.5 Å². The van der Waals surface area contributed by atoms with Gasteiger partial charge in [0.2, 0.25) is 11.8 Å². The predicted octanol–water partition coefficient (Wildman–Crippen LogP) is 1.02. The number of nitrogens with zero attached hydrogens (tertiary/aromatic N) is 1. The lowest BCUT2D eigenvalue weighted by Crippen LogP contribution is -2.39. The average Bonchev–Trinajstić information content (AvgIpc) is 2.62. The maximum Gasteiger partial charge on any atom is 0.225 e. The molecule has 0 aromatic carbocycles. The third kappa shape index (κ3) is 16.0. The van der Waals surface area contributed by atoms with Crippen molar-refractivity contribution in [1.29, 1.82) is 0 Å². The fourth-order valence-corrected chi connectivity index (χ4v) is 1.67. The smallest absolute Gasteiger partial charge is 0.225 e. The van der Waals surface area contributed by atoms with Crippen LogP contribution in [0.15, 0.2) is 0 Å². The Kier molecular flexibility index (Phi) is 18.8. The van der Waals surface area contributed by atoms with Crippen molar-refractivity contribution in [1.82, 2.24) is 10.2 Å². The quantitative estimate of drug-likeness (QED) is 0.455. The number of amides is 2. The predicted molar refractivity (Wildman–Crippen MR) is 100 cm³/mol. The number of hydrogen-bond acceptors (Lipinski definition) is 6. The van der Waals surface area contributed by atoms with E-state index in [1.807, 2.05) is 13.8 Å². The van der Waals surface area contributed by atoms with Gasteiger partial charge in [-0.05, 0) is 13.8 Å². The average molecular weight is 376 g/mol. The largest absolute Gasteiger partial charge is 0.379 e. The highest BCUT2D eigenvalue weighted by molar-refractivity contribution is 5.87. The lowest BCUT2D eigenvalue weighted by Gasteiger charge is -2.22. The monoisotopic (exact) mass is 376 g/mol. The Morgan fingerprint density at radius 1 is 0.885 bits per heavy atom. The highest BCUT2D eigenvalue weighted by atomic mass is 16.5. The molecule has 154 valence electrons. The topological polar surface area (TPSA) is 94.2 Å². The summed E-state index contributed by atoms with van der Waals surface area (Å²) >= 11 is 0. The first-order valence-electron chi connectivity index (χ1n) is 9.10. The molecule has 0 aliphatic rings. The molecule has 2 amide bonds. The third-order valence-corrected chi connectivity index (χ3v) is 3.39. The minimum atomic E-state index is -0.411. The van der Waals surface area contributed by atoms with E-state index in [9.17, 15) is 14.4 Å². The molecule has 0 aliphatic carbocycles. The summed E-state index contributed by atoms with van der Waals surface area (Å²) in [5.74, 6) is -0.238. The van der Waals surface area contributed by atoms with Crippen LogP contribution in [0.3, 0.4) is 0 Å². The van der Waals surface area contributed by atoms with E-state index in [1.54, 1.807) is 14.0 Å². The number of rotatable bonds is 14. The van der Waals surface area contributed by atoms with Crippen LogP contribution in [0.4, 0.5) is 0 Å². The van der Waals surface area contributed by atoms with Crippen molar-refractivity contribution < 1.29 is 28.6 Å². The molecule has 0 aromatic heterocycles. The van der Waals surface area contributed by atoms with Crippen LogP contribution in [0.5, 0.6) is 0 Å². The van der Waals surface area contributed by atoms with Gasteiger partial charge in [-0.15, -0.1) is 0 Å². The van der Waals surface area contributed by atoms with Crippen molar-refractivity contribution >= 4 is 17.6 Å². The SMILES string of the molecule is CC.CC(=O)NCCOCCOCCOCCC(=O)N(C)[C@H](C)C(C)=O. The Morgan fingerprint density at radius 3 is 1.81 bits per heavy atom. The zero-order valence-corrected chi connectivity index (χ0v) is 17.1. The van der Waals surface area contributed by atoms with E-state index in [0.717, 1.165) is 0 Å².